The monoisotopic (exact) mass is 234 g/mol. The zero-order valence-electron chi connectivity index (χ0n) is 11.4. The fraction of sp³-hybridized carbons (Fsp3) is 0.667. The van der Waals surface area contributed by atoms with Gasteiger partial charge in [0.15, 0.2) is 0 Å². The number of unbranched alkanes of at least 4 members (excludes halogenated alkanes) is 1. The van der Waals surface area contributed by atoms with Crippen molar-refractivity contribution in [3.05, 3.63) is 30.1 Å². The van der Waals surface area contributed by atoms with Crippen molar-refractivity contribution >= 4 is 0 Å². The predicted octanol–water partition coefficient (Wildman–Crippen LogP) is 3.73. The molecule has 1 rings (SSSR count). The Morgan fingerprint density at radius 3 is 2.41 bits per heavy atom. The second-order valence-electron chi connectivity index (χ2n) is 4.96. The summed E-state index contributed by atoms with van der Waals surface area (Å²) in [6.07, 6.45) is 8.68. The van der Waals surface area contributed by atoms with Crippen LogP contribution in [0.4, 0.5) is 0 Å². The second-order valence-corrected chi connectivity index (χ2v) is 4.96. The van der Waals surface area contributed by atoms with Crippen molar-refractivity contribution in [2.45, 2.75) is 58.4 Å². The lowest BCUT2D eigenvalue weighted by Crippen LogP contribution is -2.34. The van der Waals surface area contributed by atoms with Crippen LogP contribution in [0.25, 0.3) is 0 Å². The van der Waals surface area contributed by atoms with E-state index < -0.39 is 0 Å². The molecule has 1 aromatic heterocycles. The predicted molar refractivity (Wildman–Crippen MR) is 73.9 cm³/mol. The van der Waals surface area contributed by atoms with Crippen LogP contribution in [-0.4, -0.2) is 11.0 Å². The van der Waals surface area contributed by atoms with Gasteiger partial charge in [-0.1, -0.05) is 40.0 Å². The Hall–Kier alpha value is -0.890. The van der Waals surface area contributed by atoms with Gasteiger partial charge in [-0.15, -0.1) is 0 Å². The first-order valence-corrected chi connectivity index (χ1v) is 6.86. The fourth-order valence-electron chi connectivity index (χ4n) is 2.43. The van der Waals surface area contributed by atoms with E-state index in [1.165, 1.54) is 31.2 Å². The van der Waals surface area contributed by atoms with Crippen molar-refractivity contribution in [2.24, 2.45) is 11.7 Å². The first kappa shape index (κ1) is 14.2. The van der Waals surface area contributed by atoms with Crippen molar-refractivity contribution in [1.82, 2.24) is 4.98 Å². The van der Waals surface area contributed by atoms with E-state index >= 15 is 0 Å². The van der Waals surface area contributed by atoms with Crippen LogP contribution in [0, 0.1) is 5.92 Å². The number of nitrogens with zero attached hydrogens (tertiary/aromatic N) is 1. The molecule has 96 valence electrons. The smallest absolute Gasteiger partial charge is 0.0270 e. The maximum atomic E-state index is 6.42. The highest BCUT2D eigenvalue weighted by Crippen LogP contribution is 2.26. The molecule has 0 amide bonds. The third kappa shape index (κ3) is 4.12. The summed E-state index contributed by atoms with van der Waals surface area (Å²) in [4.78, 5) is 4.06. The molecule has 1 heterocycles. The van der Waals surface area contributed by atoms with Crippen LogP contribution in [0.2, 0.25) is 0 Å². The molecule has 17 heavy (non-hydrogen) atoms. The van der Waals surface area contributed by atoms with E-state index in [4.69, 9.17) is 5.73 Å². The normalized spacial score (nSPS) is 16.5. The molecular weight excluding hydrogens is 208 g/mol. The van der Waals surface area contributed by atoms with E-state index in [0.29, 0.717) is 11.8 Å². The van der Waals surface area contributed by atoms with Crippen molar-refractivity contribution in [3.63, 3.8) is 0 Å². The van der Waals surface area contributed by atoms with Gasteiger partial charge in [0.05, 0.1) is 0 Å². The third-order valence-corrected chi connectivity index (χ3v) is 3.81. The average Bonchev–Trinajstić information content (AvgIpc) is 2.39. The van der Waals surface area contributed by atoms with Gasteiger partial charge in [0, 0.05) is 18.4 Å². The Morgan fingerprint density at radius 2 is 1.88 bits per heavy atom. The zero-order chi connectivity index (χ0) is 12.7. The summed E-state index contributed by atoms with van der Waals surface area (Å²) in [5.41, 5.74) is 7.73. The number of nitrogens with two attached hydrogens (primary N) is 1. The molecule has 3 unspecified atom stereocenters. The van der Waals surface area contributed by atoms with Crippen molar-refractivity contribution in [1.29, 1.82) is 0 Å². The lowest BCUT2D eigenvalue weighted by molar-refractivity contribution is 0.338. The van der Waals surface area contributed by atoms with Gasteiger partial charge in [-0.3, -0.25) is 4.98 Å². The summed E-state index contributed by atoms with van der Waals surface area (Å²) in [7, 11) is 0. The Morgan fingerprint density at radius 1 is 1.24 bits per heavy atom. The summed E-state index contributed by atoms with van der Waals surface area (Å²) >= 11 is 0. The summed E-state index contributed by atoms with van der Waals surface area (Å²) in [6, 6.07) is 4.42. The number of pyridine rings is 1. The van der Waals surface area contributed by atoms with Crippen molar-refractivity contribution in [2.75, 3.05) is 0 Å². The quantitative estimate of drug-likeness (QED) is 0.780. The maximum absolute atomic E-state index is 6.42. The van der Waals surface area contributed by atoms with E-state index in [1.807, 2.05) is 12.4 Å². The van der Waals surface area contributed by atoms with Crippen LogP contribution in [0.3, 0.4) is 0 Å². The first-order chi connectivity index (χ1) is 8.20. The molecule has 3 atom stereocenters. The summed E-state index contributed by atoms with van der Waals surface area (Å²) < 4.78 is 0. The van der Waals surface area contributed by atoms with Crippen LogP contribution < -0.4 is 5.73 Å². The molecule has 1 aromatic rings. The highest BCUT2D eigenvalue weighted by molar-refractivity contribution is 5.17. The van der Waals surface area contributed by atoms with E-state index in [2.05, 4.69) is 37.9 Å². The number of rotatable bonds is 7. The molecular formula is C15H26N2. The van der Waals surface area contributed by atoms with Gasteiger partial charge in [-0.25, -0.2) is 0 Å². The van der Waals surface area contributed by atoms with Gasteiger partial charge < -0.3 is 5.73 Å². The Kier molecular flexibility index (Phi) is 6.20. The van der Waals surface area contributed by atoms with Gasteiger partial charge in [0.2, 0.25) is 0 Å². The molecule has 0 saturated carbocycles. The molecule has 2 N–H and O–H groups in total. The molecule has 0 aliphatic rings. The molecule has 0 radical (unpaired) electrons. The fourth-order valence-corrected chi connectivity index (χ4v) is 2.43. The summed E-state index contributed by atoms with van der Waals surface area (Å²) in [5, 5.41) is 0. The van der Waals surface area contributed by atoms with Crippen LogP contribution in [0.1, 0.15) is 57.9 Å². The maximum Gasteiger partial charge on any atom is 0.0270 e. The molecule has 0 bridgehead atoms. The standard InChI is InChI=1S/C15H26N2/c1-4-6-7-13(5-2)15(16)12(3)14-8-10-17-11-9-14/h8-13,15H,4-7,16H2,1-3H3. The number of aromatic nitrogens is 1. The zero-order valence-corrected chi connectivity index (χ0v) is 11.4. The van der Waals surface area contributed by atoms with Gasteiger partial charge >= 0.3 is 0 Å². The topological polar surface area (TPSA) is 38.9 Å². The Labute approximate surface area is 106 Å². The molecule has 0 fully saturated rings. The van der Waals surface area contributed by atoms with Crippen LogP contribution >= 0.6 is 0 Å². The van der Waals surface area contributed by atoms with E-state index in [0.717, 1.165) is 0 Å². The van der Waals surface area contributed by atoms with Gasteiger partial charge in [-0.2, -0.15) is 0 Å². The molecule has 0 aliphatic carbocycles. The number of hydrogen-bond donors (Lipinski definition) is 1. The highest BCUT2D eigenvalue weighted by atomic mass is 14.7. The summed E-state index contributed by atoms with van der Waals surface area (Å²) in [6.45, 7) is 6.72. The molecule has 2 heteroatoms. The largest absolute Gasteiger partial charge is 0.327 e. The van der Waals surface area contributed by atoms with Crippen molar-refractivity contribution < 1.29 is 0 Å². The lowest BCUT2D eigenvalue weighted by atomic mass is 9.82. The molecule has 0 saturated heterocycles. The van der Waals surface area contributed by atoms with Crippen molar-refractivity contribution in [3.8, 4) is 0 Å². The van der Waals surface area contributed by atoms with Gasteiger partial charge in [-0.05, 0) is 36.0 Å². The molecule has 0 aromatic carbocycles. The SMILES string of the molecule is CCCCC(CC)C(N)C(C)c1ccncc1. The third-order valence-electron chi connectivity index (χ3n) is 3.81. The van der Waals surface area contributed by atoms with Crippen LogP contribution in [0.15, 0.2) is 24.5 Å². The van der Waals surface area contributed by atoms with Gasteiger partial charge in [0.1, 0.15) is 0 Å². The Bertz CT molecular complexity index is 297. The van der Waals surface area contributed by atoms with E-state index in [-0.39, 0.29) is 6.04 Å². The summed E-state index contributed by atoms with van der Waals surface area (Å²) in [5.74, 6) is 1.05. The minimum absolute atomic E-state index is 0.258. The first-order valence-electron chi connectivity index (χ1n) is 6.86. The minimum atomic E-state index is 0.258. The molecule has 0 aliphatic heterocycles. The van der Waals surface area contributed by atoms with Crippen LogP contribution in [0.5, 0.6) is 0 Å². The van der Waals surface area contributed by atoms with Crippen LogP contribution in [-0.2, 0) is 0 Å². The lowest BCUT2D eigenvalue weighted by Gasteiger charge is -2.28. The number of hydrogen-bond acceptors (Lipinski definition) is 2. The van der Waals surface area contributed by atoms with E-state index in [1.54, 1.807) is 0 Å². The van der Waals surface area contributed by atoms with Gasteiger partial charge in [0.25, 0.3) is 0 Å². The minimum Gasteiger partial charge on any atom is -0.327 e. The molecule has 2 nitrogen and oxygen atoms in total. The van der Waals surface area contributed by atoms with E-state index in [9.17, 15) is 0 Å². The average molecular weight is 234 g/mol. The Balaban J connectivity index is 2.63. The molecule has 0 spiro atoms. The second kappa shape index (κ2) is 7.44. The highest BCUT2D eigenvalue weighted by Gasteiger charge is 2.22.